The summed E-state index contributed by atoms with van der Waals surface area (Å²) in [5, 5.41) is 4.93. The van der Waals surface area contributed by atoms with E-state index in [1.807, 2.05) is 19.1 Å². The van der Waals surface area contributed by atoms with Crippen LogP contribution < -0.4 is 10.6 Å². The van der Waals surface area contributed by atoms with E-state index in [4.69, 9.17) is 0 Å². The smallest absolute Gasteiger partial charge is 0.359 e. The minimum atomic E-state index is -0.832. The molecular weight excluding hydrogens is 256 g/mol. The van der Waals surface area contributed by atoms with Crippen LogP contribution in [0.4, 0.5) is 21.0 Å². The van der Waals surface area contributed by atoms with Gasteiger partial charge in [0.1, 0.15) is 0 Å². The molecule has 0 spiro atoms. The zero-order valence-corrected chi connectivity index (χ0v) is 10.9. The normalized spacial score (nSPS) is 9.65. The first kappa shape index (κ1) is 13.6. The second-order valence-electron chi connectivity index (χ2n) is 4.16. The third-order valence-corrected chi connectivity index (χ3v) is 2.47. The third kappa shape index (κ3) is 4.13. The van der Waals surface area contributed by atoms with Gasteiger partial charge in [-0.3, -0.25) is 10.6 Å². The maximum atomic E-state index is 11.5. The quantitative estimate of drug-likeness (QED) is 0.816. The molecule has 2 aromatic rings. The Morgan fingerprint density at radius 2 is 1.45 bits per heavy atom. The van der Waals surface area contributed by atoms with Crippen molar-refractivity contribution in [2.75, 3.05) is 10.6 Å². The molecule has 0 bridgehead atoms. The van der Waals surface area contributed by atoms with Crippen LogP contribution in [0.5, 0.6) is 0 Å². The van der Waals surface area contributed by atoms with Crippen molar-refractivity contribution < 1.29 is 14.3 Å². The van der Waals surface area contributed by atoms with Gasteiger partial charge in [0.15, 0.2) is 0 Å². The van der Waals surface area contributed by atoms with E-state index in [2.05, 4.69) is 15.4 Å². The molecule has 2 rings (SSSR count). The number of anilines is 2. The molecule has 0 aliphatic heterocycles. The van der Waals surface area contributed by atoms with Crippen molar-refractivity contribution in [3.05, 3.63) is 60.2 Å². The second kappa shape index (κ2) is 6.38. The predicted octanol–water partition coefficient (Wildman–Crippen LogP) is 3.78. The van der Waals surface area contributed by atoms with E-state index in [9.17, 15) is 9.59 Å². The molecule has 0 heterocycles. The molecule has 0 saturated heterocycles. The fraction of sp³-hybridized carbons (Fsp3) is 0.0667. The summed E-state index contributed by atoms with van der Waals surface area (Å²) in [4.78, 5) is 23.0. The van der Waals surface area contributed by atoms with Crippen LogP contribution in [-0.2, 0) is 4.74 Å². The van der Waals surface area contributed by atoms with Crippen LogP contribution >= 0.6 is 0 Å². The highest BCUT2D eigenvalue weighted by molar-refractivity contribution is 5.97. The second-order valence-corrected chi connectivity index (χ2v) is 4.16. The van der Waals surface area contributed by atoms with Gasteiger partial charge in [0.25, 0.3) is 0 Å². The van der Waals surface area contributed by atoms with Gasteiger partial charge in [-0.1, -0.05) is 30.3 Å². The van der Waals surface area contributed by atoms with Crippen molar-refractivity contribution in [1.82, 2.24) is 0 Å². The Hall–Kier alpha value is -2.82. The first-order valence-electron chi connectivity index (χ1n) is 6.05. The molecule has 5 nitrogen and oxygen atoms in total. The molecule has 0 radical (unpaired) electrons. The van der Waals surface area contributed by atoms with Gasteiger partial charge in [-0.05, 0) is 36.8 Å². The molecule has 2 amide bonds. The summed E-state index contributed by atoms with van der Waals surface area (Å²) in [7, 11) is 0. The maximum absolute atomic E-state index is 11.5. The number of para-hydroxylation sites is 1. The summed E-state index contributed by atoms with van der Waals surface area (Å²) in [5.74, 6) is 0. The van der Waals surface area contributed by atoms with Crippen LogP contribution in [0.3, 0.4) is 0 Å². The van der Waals surface area contributed by atoms with E-state index < -0.39 is 12.2 Å². The zero-order valence-electron chi connectivity index (χ0n) is 10.9. The highest BCUT2D eigenvalue weighted by Gasteiger charge is 2.10. The van der Waals surface area contributed by atoms with E-state index in [1.165, 1.54) is 0 Å². The van der Waals surface area contributed by atoms with E-state index in [-0.39, 0.29) is 0 Å². The van der Waals surface area contributed by atoms with Crippen molar-refractivity contribution in [3.8, 4) is 0 Å². The molecule has 102 valence electrons. The monoisotopic (exact) mass is 270 g/mol. The molecule has 20 heavy (non-hydrogen) atoms. The molecule has 2 N–H and O–H groups in total. The van der Waals surface area contributed by atoms with Crippen molar-refractivity contribution in [3.63, 3.8) is 0 Å². The Bertz CT molecular complexity index is 612. The number of hydrogen-bond donors (Lipinski definition) is 2. The number of carbonyl (C=O) groups excluding carboxylic acids is 2. The maximum Gasteiger partial charge on any atom is 0.420 e. The molecule has 0 atom stereocenters. The van der Waals surface area contributed by atoms with Crippen LogP contribution in [0.25, 0.3) is 0 Å². The molecule has 0 saturated carbocycles. The van der Waals surface area contributed by atoms with E-state index >= 15 is 0 Å². The fourth-order valence-electron chi connectivity index (χ4n) is 1.62. The molecule has 0 unspecified atom stereocenters. The number of benzene rings is 2. The van der Waals surface area contributed by atoms with Crippen molar-refractivity contribution in [1.29, 1.82) is 0 Å². The molecule has 2 aromatic carbocycles. The summed E-state index contributed by atoms with van der Waals surface area (Å²) >= 11 is 0. The first-order chi connectivity index (χ1) is 9.63. The Morgan fingerprint density at radius 3 is 2.10 bits per heavy atom. The van der Waals surface area contributed by atoms with Gasteiger partial charge in [-0.15, -0.1) is 0 Å². The number of nitrogens with one attached hydrogen (secondary N) is 2. The molecule has 0 aromatic heterocycles. The lowest BCUT2D eigenvalue weighted by atomic mass is 10.2. The van der Waals surface area contributed by atoms with E-state index in [1.54, 1.807) is 42.5 Å². The summed E-state index contributed by atoms with van der Waals surface area (Å²) in [5.41, 5.74) is 2.12. The van der Waals surface area contributed by atoms with Crippen molar-refractivity contribution in [2.45, 2.75) is 6.92 Å². The van der Waals surface area contributed by atoms with Crippen LogP contribution in [-0.4, -0.2) is 12.2 Å². The Labute approximate surface area is 116 Å². The van der Waals surface area contributed by atoms with Gasteiger partial charge in [0.05, 0.1) is 0 Å². The largest absolute Gasteiger partial charge is 0.420 e. The Morgan fingerprint density at radius 1 is 0.850 bits per heavy atom. The lowest BCUT2D eigenvalue weighted by Gasteiger charge is -2.07. The molecule has 0 fully saturated rings. The van der Waals surface area contributed by atoms with E-state index in [0.717, 1.165) is 5.56 Å². The van der Waals surface area contributed by atoms with Crippen LogP contribution in [0.15, 0.2) is 54.6 Å². The molecule has 0 aliphatic carbocycles. The molecular formula is C15H14N2O3. The van der Waals surface area contributed by atoms with Gasteiger partial charge < -0.3 is 4.74 Å². The SMILES string of the molecule is Cc1cccc(NC(=O)OC(=O)Nc2ccccc2)c1. The van der Waals surface area contributed by atoms with Gasteiger partial charge in [0.2, 0.25) is 0 Å². The third-order valence-electron chi connectivity index (χ3n) is 2.47. The fourth-order valence-corrected chi connectivity index (χ4v) is 1.62. The number of amides is 2. The average molecular weight is 270 g/mol. The van der Waals surface area contributed by atoms with Gasteiger partial charge in [-0.2, -0.15) is 0 Å². The van der Waals surface area contributed by atoms with Gasteiger partial charge >= 0.3 is 12.2 Å². The lowest BCUT2D eigenvalue weighted by Crippen LogP contribution is -2.22. The number of carbonyl (C=O) groups is 2. The summed E-state index contributed by atoms with van der Waals surface area (Å²) in [6.45, 7) is 1.90. The summed E-state index contributed by atoms with van der Waals surface area (Å²) < 4.78 is 4.60. The highest BCUT2D eigenvalue weighted by Crippen LogP contribution is 2.10. The van der Waals surface area contributed by atoms with Crippen molar-refractivity contribution >= 4 is 23.6 Å². The summed E-state index contributed by atoms with van der Waals surface area (Å²) in [6.07, 6.45) is -1.66. The highest BCUT2D eigenvalue weighted by atomic mass is 16.6. The Kier molecular flexibility index (Phi) is 4.34. The van der Waals surface area contributed by atoms with Gasteiger partial charge in [-0.25, -0.2) is 9.59 Å². The Balaban J connectivity index is 1.87. The number of rotatable bonds is 2. The topological polar surface area (TPSA) is 67.4 Å². The number of aryl methyl sites for hydroxylation is 1. The van der Waals surface area contributed by atoms with Gasteiger partial charge in [0, 0.05) is 11.4 Å². The lowest BCUT2D eigenvalue weighted by molar-refractivity contribution is 0.170. The zero-order chi connectivity index (χ0) is 14.4. The van der Waals surface area contributed by atoms with Crippen LogP contribution in [0, 0.1) is 6.92 Å². The number of hydrogen-bond acceptors (Lipinski definition) is 3. The minimum absolute atomic E-state index is 0.556. The first-order valence-corrected chi connectivity index (χ1v) is 6.05. The standard InChI is InChI=1S/C15H14N2O3/c1-11-6-5-9-13(10-11)17-15(19)20-14(18)16-12-7-3-2-4-8-12/h2-10H,1H3,(H,16,18)(H,17,19). The van der Waals surface area contributed by atoms with Crippen LogP contribution in [0.2, 0.25) is 0 Å². The number of ether oxygens (including phenoxy) is 1. The predicted molar refractivity (Wildman–Crippen MR) is 76.7 cm³/mol. The average Bonchev–Trinajstić information content (AvgIpc) is 2.39. The summed E-state index contributed by atoms with van der Waals surface area (Å²) in [6, 6.07) is 15.9. The van der Waals surface area contributed by atoms with E-state index in [0.29, 0.717) is 11.4 Å². The van der Waals surface area contributed by atoms with Crippen molar-refractivity contribution in [2.24, 2.45) is 0 Å². The molecule has 0 aliphatic rings. The van der Waals surface area contributed by atoms with Crippen LogP contribution in [0.1, 0.15) is 5.56 Å². The minimum Gasteiger partial charge on any atom is -0.359 e. The molecule has 5 heteroatoms.